The fourth-order valence-electron chi connectivity index (χ4n) is 2.12. The van der Waals surface area contributed by atoms with Crippen LogP contribution in [0.4, 0.5) is 0 Å². The van der Waals surface area contributed by atoms with Crippen molar-refractivity contribution in [2.24, 2.45) is 0 Å². The number of halogens is 1. The maximum atomic E-state index is 10.4. The molecule has 0 aromatic heterocycles. The van der Waals surface area contributed by atoms with Crippen molar-refractivity contribution in [3.63, 3.8) is 0 Å². The van der Waals surface area contributed by atoms with Crippen molar-refractivity contribution >= 4 is 11.6 Å². The van der Waals surface area contributed by atoms with Crippen molar-refractivity contribution in [1.29, 1.82) is 0 Å². The molecule has 2 aromatic rings. The van der Waals surface area contributed by atoms with Crippen molar-refractivity contribution in [2.45, 2.75) is 12.7 Å². The second kappa shape index (κ2) is 4.06. The number of aliphatic hydroxyl groups is 1. The highest BCUT2D eigenvalue weighted by atomic mass is 35.5. The predicted octanol–water partition coefficient (Wildman–Crippen LogP) is 3.31. The molecular formula is C14H11ClO2. The molecule has 1 heterocycles. The van der Waals surface area contributed by atoms with E-state index in [0.717, 1.165) is 16.7 Å². The van der Waals surface area contributed by atoms with Gasteiger partial charge in [0.2, 0.25) is 0 Å². The minimum absolute atomic E-state index is 0.474. The van der Waals surface area contributed by atoms with Gasteiger partial charge in [0.15, 0.2) is 0 Å². The van der Waals surface area contributed by atoms with Crippen molar-refractivity contribution in [3.8, 4) is 5.75 Å². The first-order valence-electron chi connectivity index (χ1n) is 5.44. The Balaban J connectivity index is 2.18. The average Bonchev–Trinajstić information content (AvgIpc) is 2.49. The van der Waals surface area contributed by atoms with Crippen LogP contribution in [0.3, 0.4) is 0 Å². The second-order valence-corrected chi connectivity index (χ2v) is 4.51. The molecule has 0 unspecified atom stereocenters. The molecule has 0 spiro atoms. The Bertz CT molecular complexity index is 566. The van der Waals surface area contributed by atoms with E-state index in [1.165, 1.54) is 0 Å². The summed E-state index contributed by atoms with van der Waals surface area (Å²) in [6.07, 6.45) is -0.678. The van der Waals surface area contributed by atoms with E-state index in [4.69, 9.17) is 16.3 Å². The van der Waals surface area contributed by atoms with Gasteiger partial charge in [-0.1, -0.05) is 35.9 Å². The maximum absolute atomic E-state index is 10.4. The van der Waals surface area contributed by atoms with Crippen LogP contribution >= 0.6 is 11.6 Å². The highest BCUT2D eigenvalue weighted by Crippen LogP contribution is 2.36. The third-order valence-electron chi connectivity index (χ3n) is 3.00. The summed E-state index contributed by atoms with van der Waals surface area (Å²) in [4.78, 5) is 0. The molecule has 1 N–H and O–H groups in total. The van der Waals surface area contributed by atoms with Crippen LogP contribution in [0.15, 0.2) is 42.5 Å². The minimum atomic E-state index is -0.678. The normalized spacial score (nSPS) is 17.6. The summed E-state index contributed by atoms with van der Waals surface area (Å²) in [5.41, 5.74) is 2.61. The number of aliphatic hydroxyl groups excluding tert-OH is 1. The van der Waals surface area contributed by atoms with Gasteiger partial charge in [-0.3, -0.25) is 0 Å². The number of hydrogen-bond acceptors (Lipinski definition) is 2. The maximum Gasteiger partial charge on any atom is 0.126 e. The highest BCUT2D eigenvalue weighted by molar-refractivity contribution is 6.30. The molecule has 17 heavy (non-hydrogen) atoms. The molecule has 0 bridgehead atoms. The number of rotatable bonds is 0. The van der Waals surface area contributed by atoms with Gasteiger partial charge < -0.3 is 9.84 Å². The molecule has 1 aliphatic rings. The molecule has 86 valence electrons. The van der Waals surface area contributed by atoms with Gasteiger partial charge in [-0.15, -0.1) is 0 Å². The topological polar surface area (TPSA) is 29.5 Å². The van der Waals surface area contributed by atoms with Crippen molar-refractivity contribution in [1.82, 2.24) is 0 Å². The summed E-state index contributed by atoms with van der Waals surface area (Å²) in [5, 5.41) is 11.0. The molecular weight excluding hydrogens is 236 g/mol. The van der Waals surface area contributed by atoms with Gasteiger partial charge in [-0.2, -0.15) is 0 Å². The van der Waals surface area contributed by atoms with Crippen LogP contribution in [0.5, 0.6) is 5.75 Å². The third-order valence-corrected chi connectivity index (χ3v) is 3.23. The van der Waals surface area contributed by atoms with E-state index in [2.05, 4.69) is 0 Å². The molecule has 0 saturated carbocycles. The number of hydrogen-bond donors (Lipinski definition) is 1. The molecule has 0 saturated heterocycles. The smallest absolute Gasteiger partial charge is 0.126 e. The van der Waals surface area contributed by atoms with Gasteiger partial charge in [0.1, 0.15) is 18.5 Å². The van der Waals surface area contributed by atoms with Gasteiger partial charge >= 0.3 is 0 Å². The van der Waals surface area contributed by atoms with Crippen LogP contribution in [0, 0.1) is 0 Å². The predicted molar refractivity (Wildman–Crippen MR) is 66.3 cm³/mol. The summed E-state index contributed by atoms with van der Waals surface area (Å²) in [6.45, 7) is 0.474. The van der Waals surface area contributed by atoms with Gasteiger partial charge in [0.25, 0.3) is 0 Å². The molecule has 3 rings (SSSR count). The van der Waals surface area contributed by atoms with Crippen LogP contribution in [0.25, 0.3) is 0 Å². The average molecular weight is 247 g/mol. The number of ether oxygens (including phenoxy) is 1. The fraction of sp³-hybridized carbons (Fsp3) is 0.143. The Kier molecular flexibility index (Phi) is 2.54. The molecule has 0 fully saturated rings. The van der Waals surface area contributed by atoms with Crippen LogP contribution in [-0.4, -0.2) is 5.11 Å². The quantitative estimate of drug-likeness (QED) is 0.773. The lowest BCUT2D eigenvalue weighted by atomic mass is 9.98. The van der Waals surface area contributed by atoms with Gasteiger partial charge in [-0.05, 0) is 29.3 Å². The van der Waals surface area contributed by atoms with E-state index < -0.39 is 6.10 Å². The first-order chi connectivity index (χ1) is 8.25. The highest BCUT2D eigenvalue weighted by Gasteiger charge is 2.22. The molecule has 3 heteroatoms. The Morgan fingerprint density at radius 1 is 1.12 bits per heavy atom. The summed E-state index contributed by atoms with van der Waals surface area (Å²) in [7, 11) is 0. The Morgan fingerprint density at radius 2 is 1.94 bits per heavy atom. The number of fused-ring (bicyclic) bond motifs is 2. The Labute approximate surface area is 104 Å². The Hall–Kier alpha value is -1.51. The zero-order chi connectivity index (χ0) is 11.8. The zero-order valence-corrected chi connectivity index (χ0v) is 9.82. The molecule has 1 atom stereocenters. The molecule has 1 aliphatic heterocycles. The lowest BCUT2D eigenvalue weighted by Crippen LogP contribution is -2.00. The van der Waals surface area contributed by atoms with Gasteiger partial charge in [0, 0.05) is 10.6 Å². The van der Waals surface area contributed by atoms with Gasteiger partial charge in [0.05, 0.1) is 0 Å². The van der Waals surface area contributed by atoms with Crippen molar-refractivity contribution in [2.75, 3.05) is 0 Å². The van der Waals surface area contributed by atoms with Crippen LogP contribution in [-0.2, 0) is 6.61 Å². The van der Waals surface area contributed by atoms with Crippen LogP contribution in [0.1, 0.15) is 22.8 Å². The summed E-state index contributed by atoms with van der Waals surface area (Å²) < 4.78 is 5.68. The molecule has 0 aliphatic carbocycles. The molecule has 2 aromatic carbocycles. The van der Waals surface area contributed by atoms with Gasteiger partial charge in [-0.25, -0.2) is 0 Å². The first-order valence-corrected chi connectivity index (χ1v) is 5.81. The standard InChI is InChI=1S/C14H11ClO2/c15-10-5-6-13-12(7-10)14(16)11-4-2-1-3-9(11)8-17-13/h1-7,14,16H,8H2/t14-/m1/s1. The van der Waals surface area contributed by atoms with Crippen molar-refractivity contribution in [3.05, 3.63) is 64.2 Å². The summed E-state index contributed by atoms with van der Waals surface area (Å²) >= 11 is 5.96. The lowest BCUT2D eigenvalue weighted by molar-refractivity contribution is 0.218. The molecule has 2 nitrogen and oxygen atoms in total. The summed E-state index contributed by atoms with van der Waals surface area (Å²) in [6, 6.07) is 13.1. The van der Waals surface area contributed by atoms with Crippen LogP contribution in [0.2, 0.25) is 5.02 Å². The third kappa shape index (κ3) is 1.79. The SMILES string of the molecule is O[C@@H]1c2ccccc2COc2ccc(Cl)cc21. The van der Waals surface area contributed by atoms with E-state index in [-0.39, 0.29) is 0 Å². The Morgan fingerprint density at radius 3 is 2.82 bits per heavy atom. The van der Waals surface area contributed by atoms with E-state index in [1.807, 2.05) is 24.3 Å². The summed E-state index contributed by atoms with van der Waals surface area (Å²) in [5.74, 6) is 0.693. The first kappa shape index (κ1) is 10.6. The van der Waals surface area contributed by atoms with E-state index >= 15 is 0 Å². The lowest BCUT2D eigenvalue weighted by Gasteiger charge is -2.12. The van der Waals surface area contributed by atoms with Crippen molar-refractivity contribution < 1.29 is 9.84 Å². The monoisotopic (exact) mass is 246 g/mol. The fourth-order valence-corrected chi connectivity index (χ4v) is 2.30. The van der Waals surface area contributed by atoms with E-state index in [1.54, 1.807) is 18.2 Å². The van der Waals surface area contributed by atoms with E-state index in [9.17, 15) is 5.11 Å². The van der Waals surface area contributed by atoms with Crippen LogP contribution < -0.4 is 4.74 Å². The molecule has 0 amide bonds. The largest absolute Gasteiger partial charge is 0.488 e. The zero-order valence-electron chi connectivity index (χ0n) is 9.06. The van der Waals surface area contributed by atoms with E-state index in [0.29, 0.717) is 17.4 Å². The minimum Gasteiger partial charge on any atom is -0.488 e. The second-order valence-electron chi connectivity index (χ2n) is 4.07. The number of benzene rings is 2. The molecule has 0 radical (unpaired) electrons.